The van der Waals surface area contributed by atoms with E-state index in [0.717, 1.165) is 10.2 Å². The van der Waals surface area contributed by atoms with Gasteiger partial charge < -0.3 is 10.6 Å². The number of hydrogen-bond acceptors (Lipinski definition) is 3. The van der Waals surface area contributed by atoms with Crippen molar-refractivity contribution in [1.82, 2.24) is 10.6 Å². The molecular formula is C12H16BrN3O2. The van der Waals surface area contributed by atoms with Gasteiger partial charge in [0.25, 0.3) is 0 Å². The van der Waals surface area contributed by atoms with Crippen molar-refractivity contribution in [1.29, 1.82) is 0 Å². The molecule has 0 bridgehead atoms. The van der Waals surface area contributed by atoms with E-state index in [2.05, 4.69) is 31.9 Å². The Hall–Kier alpha value is -1.40. The molecule has 0 aliphatic rings. The second-order valence-electron chi connectivity index (χ2n) is 3.77. The van der Waals surface area contributed by atoms with Gasteiger partial charge in [0.05, 0.1) is 12.6 Å². The third-order valence-corrected chi connectivity index (χ3v) is 2.88. The summed E-state index contributed by atoms with van der Waals surface area (Å²) in [6, 6.07) is 6.85. The van der Waals surface area contributed by atoms with E-state index in [1.54, 1.807) is 26.1 Å². The van der Waals surface area contributed by atoms with Crippen molar-refractivity contribution in [2.75, 3.05) is 18.9 Å². The molecule has 3 N–H and O–H groups in total. The molecule has 0 heterocycles. The summed E-state index contributed by atoms with van der Waals surface area (Å²) >= 11 is 3.32. The standard InChI is InChI=1S/C12H16BrN3O2/c1-8(15-7-11(17)14-2)12(18)16-10-5-3-9(13)4-6-10/h3-6,8,15H,7H2,1-2H3,(H,14,17)(H,16,18)/t8-/m1/s1. The first-order chi connectivity index (χ1) is 8.52. The van der Waals surface area contributed by atoms with Gasteiger partial charge in [-0.2, -0.15) is 0 Å². The first-order valence-corrected chi connectivity index (χ1v) is 6.32. The van der Waals surface area contributed by atoms with Crippen LogP contribution in [0.2, 0.25) is 0 Å². The fraction of sp³-hybridized carbons (Fsp3) is 0.333. The molecule has 0 spiro atoms. The van der Waals surface area contributed by atoms with Crippen LogP contribution < -0.4 is 16.0 Å². The van der Waals surface area contributed by atoms with Crippen molar-refractivity contribution >= 4 is 33.4 Å². The van der Waals surface area contributed by atoms with E-state index in [1.165, 1.54) is 0 Å². The van der Waals surface area contributed by atoms with Gasteiger partial charge in [-0.3, -0.25) is 14.9 Å². The van der Waals surface area contributed by atoms with E-state index < -0.39 is 6.04 Å². The molecule has 0 aromatic heterocycles. The Kier molecular flexibility index (Phi) is 5.80. The van der Waals surface area contributed by atoms with Crippen molar-refractivity contribution in [3.8, 4) is 0 Å². The SMILES string of the molecule is CNC(=O)CN[C@H](C)C(=O)Nc1ccc(Br)cc1. The Morgan fingerprint density at radius 3 is 2.44 bits per heavy atom. The number of carbonyl (C=O) groups excluding carboxylic acids is 2. The molecule has 6 heteroatoms. The van der Waals surface area contributed by atoms with E-state index >= 15 is 0 Å². The summed E-state index contributed by atoms with van der Waals surface area (Å²) in [4.78, 5) is 22.8. The predicted molar refractivity (Wildman–Crippen MR) is 74.3 cm³/mol. The molecule has 1 aromatic carbocycles. The van der Waals surface area contributed by atoms with Crippen LogP contribution in [0.3, 0.4) is 0 Å². The maximum Gasteiger partial charge on any atom is 0.241 e. The molecule has 0 unspecified atom stereocenters. The van der Waals surface area contributed by atoms with Gasteiger partial charge in [0, 0.05) is 17.2 Å². The van der Waals surface area contributed by atoms with Crippen molar-refractivity contribution in [3.05, 3.63) is 28.7 Å². The molecule has 18 heavy (non-hydrogen) atoms. The number of nitrogens with one attached hydrogen (secondary N) is 3. The maximum atomic E-state index is 11.8. The molecule has 1 atom stereocenters. The average Bonchev–Trinajstić information content (AvgIpc) is 2.38. The van der Waals surface area contributed by atoms with Crippen molar-refractivity contribution in [2.24, 2.45) is 0 Å². The third kappa shape index (κ3) is 4.85. The number of benzene rings is 1. The maximum absolute atomic E-state index is 11.8. The number of carbonyl (C=O) groups is 2. The van der Waals surface area contributed by atoms with Gasteiger partial charge in [-0.25, -0.2) is 0 Å². The molecule has 0 radical (unpaired) electrons. The molecular weight excluding hydrogens is 298 g/mol. The highest BCUT2D eigenvalue weighted by Crippen LogP contribution is 2.14. The van der Waals surface area contributed by atoms with E-state index in [1.807, 2.05) is 12.1 Å². The quantitative estimate of drug-likeness (QED) is 0.762. The van der Waals surface area contributed by atoms with Gasteiger partial charge in [0.15, 0.2) is 0 Å². The Balaban J connectivity index is 2.44. The van der Waals surface area contributed by atoms with E-state index in [0.29, 0.717) is 0 Å². The molecule has 0 aliphatic carbocycles. The zero-order valence-electron chi connectivity index (χ0n) is 10.3. The smallest absolute Gasteiger partial charge is 0.241 e. The van der Waals surface area contributed by atoms with Crippen LogP contribution in [0.5, 0.6) is 0 Å². The summed E-state index contributed by atoms with van der Waals surface area (Å²) in [7, 11) is 1.55. The highest BCUT2D eigenvalue weighted by atomic mass is 79.9. The number of hydrogen-bond donors (Lipinski definition) is 3. The second-order valence-corrected chi connectivity index (χ2v) is 4.69. The lowest BCUT2D eigenvalue weighted by Crippen LogP contribution is -2.42. The highest BCUT2D eigenvalue weighted by molar-refractivity contribution is 9.10. The Morgan fingerprint density at radius 1 is 1.28 bits per heavy atom. The van der Waals surface area contributed by atoms with E-state index in [9.17, 15) is 9.59 Å². The molecule has 1 aromatic rings. The van der Waals surface area contributed by atoms with Crippen LogP contribution in [0.1, 0.15) is 6.92 Å². The summed E-state index contributed by atoms with van der Waals surface area (Å²) in [5.74, 6) is -0.334. The average molecular weight is 314 g/mol. The zero-order chi connectivity index (χ0) is 13.5. The van der Waals surface area contributed by atoms with Crippen LogP contribution in [0.25, 0.3) is 0 Å². The minimum absolute atomic E-state index is 0.116. The summed E-state index contributed by atoms with van der Waals surface area (Å²) in [5, 5.41) is 8.06. The largest absolute Gasteiger partial charge is 0.358 e. The van der Waals surface area contributed by atoms with Crippen molar-refractivity contribution < 1.29 is 9.59 Å². The number of likely N-dealkylation sites (N-methyl/N-ethyl adjacent to an activating group) is 1. The van der Waals surface area contributed by atoms with Gasteiger partial charge in [-0.1, -0.05) is 15.9 Å². The first kappa shape index (κ1) is 14.7. The van der Waals surface area contributed by atoms with Gasteiger partial charge in [-0.05, 0) is 31.2 Å². The van der Waals surface area contributed by atoms with Crippen molar-refractivity contribution in [3.63, 3.8) is 0 Å². The molecule has 0 aliphatic heterocycles. The van der Waals surface area contributed by atoms with Crippen LogP contribution in [0.15, 0.2) is 28.7 Å². The zero-order valence-corrected chi connectivity index (χ0v) is 11.9. The summed E-state index contributed by atoms with van der Waals surface area (Å²) < 4.78 is 0.950. The Labute approximate surface area is 114 Å². The Bertz CT molecular complexity index is 420. The molecule has 0 saturated heterocycles. The van der Waals surface area contributed by atoms with Crippen LogP contribution in [0, 0.1) is 0 Å². The summed E-state index contributed by atoms with van der Waals surface area (Å²) in [5.41, 5.74) is 0.719. The van der Waals surface area contributed by atoms with Crippen molar-refractivity contribution in [2.45, 2.75) is 13.0 Å². The highest BCUT2D eigenvalue weighted by Gasteiger charge is 2.13. The van der Waals surface area contributed by atoms with Gasteiger partial charge in [-0.15, -0.1) is 0 Å². The Morgan fingerprint density at radius 2 is 1.89 bits per heavy atom. The monoisotopic (exact) mass is 313 g/mol. The number of anilines is 1. The lowest BCUT2D eigenvalue weighted by atomic mass is 10.2. The van der Waals surface area contributed by atoms with Gasteiger partial charge in [0.1, 0.15) is 0 Å². The topological polar surface area (TPSA) is 70.2 Å². The summed E-state index contributed by atoms with van der Waals surface area (Å²) in [6.07, 6.45) is 0. The molecule has 1 rings (SSSR count). The lowest BCUT2D eigenvalue weighted by Gasteiger charge is -2.13. The molecule has 98 valence electrons. The van der Waals surface area contributed by atoms with Gasteiger partial charge in [0.2, 0.25) is 11.8 Å². The van der Waals surface area contributed by atoms with Crippen LogP contribution >= 0.6 is 15.9 Å². The van der Waals surface area contributed by atoms with Crippen LogP contribution in [0.4, 0.5) is 5.69 Å². The molecule has 0 saturated carbocycles. The van der Waals surface area contributed by atoms with Crippen LogP contribution in [-0.2, 0) is 9.59 Å². The predicted octanol–water partition coefficient (Wildman–Crippen LogP) is 1.11. The normalized spacial score (nSPS) is 11.7. The number of halogens is 1. The number of rotatable bonds is 5. The third-order valence-electron chi connectivity index (χ3n) is 2.35. The first-order valence-electron chi connectivity index (χ1n) is 5.53. The minimum Gasteiger partial charge on any atom is -0.358 e. The molecule has 5 nitrogen and oxygen atoms in total. The lowest BCUT2D eigenvalue weighted by molar-refractivity contribution is -0.120. The minimum atomic E-state index is -0.439. The molecule has 2 amide bonds. The summed E-state index contributed by atoms with van der Waals surface area (Å²) in [6.45, 7) is 1.82. The second kappa shape index (κ2) is 7.13. The van der Waals surface area contributed by atoms with Crippen LogP contribution in [-0.4, -0.2) is 31.4 Å². The molecule has 0 fully saturated rings. The van der Waals surface area contributed by atoms with Gasteiger partial charge >= 0.3 is 0 Å². The number of amides is 2. The van der Waals surface area contributed by atoms with E-state index in [-0.39, 0.29) is 18.4 Å². The fourth-order valence-electron chi connectivity index (χ4n) is 1.21. The van der Waals surface area contributed by atoms with E-state index in [4.69, 9.17) is 0 Å². The fourth-order valence-corrected chi connectivity index (χ4v) is 1.47.